The molecule has 0 aromatic heterocycles. The maximum Gasteiger partial charge on any atom is 0.223 e. The Morgan fingerprint density at radius 1 is 1.38 bits per heavy atom. The first-order valence-corrected chi connectivity index (χ1v) is 7.24. The van der Waals surface area contributed by atoms with Crippen molar-refractivity contribution in [3.8, 4) is 5.75 Å². The minimum atomic E-state index is 0.0798. The van der Waals surface area contributed by atoms with Gasteiger partial charge in [-0.25, -0.2) is 0 Å². The van der Waals surface area contributed by atoms with Gasteiger partial charge in [0.2, 0.25) is 5.91 Å². The number of carbonyl (C=O) groups is 1. The van der Waals surface area contributed by atoms with Crippen molar-refractivity contribution >= 4 is 5.91 Å². The molecule has 0 aliphatic carbocycles. The van der Waals surface area contributed by atoms with E-state index in [1.165, 1.54) is 0 Å². The van der Waals surface area contributed by atoms with Crippen LogP contribution in [0.4, 0.5) is 0 Å². The van der Waals surface area contributed by atoms with Crippen LogP contribution in [0.1, 0.15) is 18.0 Å². The van der Waals surface area contributed by atoms with Crippen molar-refractivity contribution in [1.82, 2.24) is 9.80 Å². The van der Waals surface area contributed by atoms with Crippen molar-refractivity contribution in [2.24, 2.45) is 5.92 Å². The van der Waals surface area contributed by atoms with Gasteiger partial charge >= 0.3 is 0 Å². The average molecular weight is 292 g/mol. The lowest BCUT2D eigenvalue weighted by molar-refractivity contribution is -0.128. The van der Waals surface area contributed by atoms with Gasteiger partial charge in [0.05, 0.1) is 13.2 Å². The number of methoxy groups -OCH3 is 1. The lowest BCUT2D eigenvalue weighted by atomic mass is 10.1. The topological polar surface area (TPSA) is 53.0 Å². The van der Waals surface area contributed by atoms with Gasteiger partial charge in [0.15, 0.2) is 0 Å². The number of likely N-dealkylation sites (tertiary alicyclic amines) is 1. The molecule has 21 heavy (non-hydrogen) atoms. The van der Waals surface area contributed by atoms with Gasteiger partial charge in [0, 0.05) is 32.0 Å². The summed E-state index contributed by atoms with van der Waals surface area (Å²) in [4.78, 5) is 16.0. The van der Waals surface area contributed by atoms with Crippen LogP contribution in [-0.2, 0) is 4.79 Å². The van der Waals surface area contributed by atoms with Gasteiger partial charge in [-0.05, 0) is 31.8 Å². The zero-order valence-corrected chi connectivity index (χ0v) is 13.0. The number of ether oxygens (including phenoxy) is 1. The average Bonchev–Trinajstić information content (AvgIpc) is 2.85. The Balaban J connectivity index is 2.10. The number of hydrogen-bond donors (Lipinski definition) is 1. The third-order valence-electron chi connectivity index (χ3n) is 4.07. The SMILES string of the molecule is COc1ccc(C(CN2CC(CO)CC2=O)N(C)C)cc1. The van der Waals surface area contributed by atoms with Gasteiger partial charge in [-0.2, -0.15) is 0 Å². The van der Waals surface area contributed by atoms with Gasteiger partial charge < -0.3 is 19.6 Å². The number of hydrogen-bond acceptors (Lipinski definition) is 4. The summed E-state index contributed by atoms with van der Waals surface area (Å²) in [6, 6.07) is 8.08. The molecule has 2 unspecified atom stereocenters. The maximum atomic E-state index is 12.0. The molecule has 0 saturated carbocycles. The molecule has 0 radical (unpaired) electrons. The number of carbonyl (C=O) groups excluding carboxylic acids is 1. The van der Waals surface area contributed by atoms with Gasteiger partial charge in [-0.3, -0.25) is 4.79 Å². The minimum Gasteiger partial charge on any atom is -0.497 e. The van der Waals surface area contributed by atoms with Gasteiger partial charge in [0.25, 0.3) is 0 Å². The fourth-order valence-electron chi connectivity index (χ4n) is 2.75. The van der Waals surface area contributed by atoms with Gasteiger partial charge in [-0.1, -0.05) is 12.1 Å². The van der Waals surface area contributed by atoms with E-state index in [-0.39, 0.29) is 24.5 Å². The van der Waals surface area contributed by atoms with Crippen LogP contribution < -0.4 is 4.74 Å². The first kappa shape index (κ1) is 15.8. The summed E-state index contributed by atoms with van der Waals surface area (Å²) in [5.41, 5.74) is 1.15. The molecule has 1 aromatic rings. The molecule has 5 nitrogen and oxygen atoms in total. The molecule has 2 atom stereocenters. The Bertz CT molecular complexity index is 473. The molecule has 1 heterocycles. The van der Waals surface area contributed by atoms with Gasteiger partial charge in [0.1, 0.15) is 5.75 Å². The molecule has 1 amide bonds. The van der Waals surface area contributed by atoms with E-state index in [1.807, 2.05) is 43.3 Å². The highest BCUT2D eigenvalue weighted by molar-refractivity contribution is 5.78. The molecule has 1 N–H and O–H groups in total. The molecule has 116 valence electrons. The summed E-state index contributed by atoms with van der Waals surface area (Å²) in [5, 5.41) is 9.22. The van der Waals surface area contributed by atoms with Crippen molar-refractivity contribution in [2.45, 2.75) is 12.5 Å². The zero-order chi connectivity index (χ0) is 15.4. The number of rotatable bonds is 6. The molecule has 1 saturated heterocycles. The van der Waals surface area contributed by atoms with E-state index in [1.54, 1.807) is 7.11 Å². The Kier molecular flexibility index (Phi) is 5.20. The van der Waals surface area contributed by atoms with Crippen LogP contribution in [0.2, 0.25) is 0 Å². The van der Waals surface area contributed by atoms with Crippen molar-refractivity contribution in [3.05, 3.63) is 29.8 Å². The van der Waals surface area contributed by atoms with Crippen LogP contribution >= 0.6 is 0 Å². The van der Waals surface area contributed by atoms with E-state index < -0.39 is 0 Å². The highest BCUT2D eigenvalue weighted by atomic mass is 16.5. The summed E-state index contributed by atoms with van der Waals surface area (Å²) < 4.78 is 5.18. The Morgan fingerprint density at radius 2 is 2.05 bits per heavy atom. The monoisotopic (exact) mass is 292 g/mol. The van der Waals surface area contributed by atoms with E-state index in [4.69, 9.17) is 4.74 Å². The summed E-state index contributed by atoms with van der Waals surface area (Å²) in [6.07, 6.45) is 0.458. The van der Waals surface area contributed by atoms with Crippen molar-refractivity contribution in [3.63, 3.8) is 0 Å². The smallest absolute Gasteiger partial charge is 0.223 e. The van der Waals surface area contributed by atoms with Crippen molar-refractivity contribution in [2.75, 3.05) is 40.9 Å². The number of amides is 1. The first-order chi connectivity index (χ1) is 10.0. The third-order valence-corrected chi connectivity index (χ3v) is 4.07. The van der Waals surface area contributed by atoms with Crippen molar-refractivity contribution < 1.29 is 14.6 Å². The van der Waals surface area contributed by atoms with E-state index >= 15 is 0 Å². The zero-order valence-electron chi connectivity index (χ0n) is 13.0. The molecular weight excluding hydrogens is 268 g/mol. The molecule has 2 rings (SSSR count). The van der Waals surface area contributed by atoms with E-state index in [0.717, 1.165) is 11.3 Å². The highest BCUT2D eigenvalue weighted by Gasteiger charge is 2.31. The second-order valence-corrected chi connectivity index (χ2v) is 5.80. The molecule has 1 aromatic carbocycles. The molecule has 1 fully saturated rings. The summed E-state index contributed by atoms with van der Waals surface area (Å²) in [7, 11) is 5.67. The van der Waals surface area contributed by atoms with Crippen LogP contribution in [0.25, 0.3) is 0 Å². The molecular formula is C16H24N2O3. The summed E-state index contributed by atoms with van der Waals surface area (Å²) >= 11 is 0. The summed E-state index contributed by atoms with van der Waals surface area (Å²) in [6.45, 7) is 1.38. The molecule has 5 heteroatoms. The highest BCUT2D eigenvalue weighted by Crippen LogP contribution is 2.25. The fourth-order valence-corrected chi connectivity index (χ4v) is 2.75. The van der Waals surface area contributed by atoms with Crippen LogP contribution in [0.5, 0.6) is 5.75 Å². The number of aliphatic hydroxyl groups excluding tert-OH is 1. The Hall–Kier alpha value is -1.59. The normalized spacial score (nSPS) is 20.1. The van der Waals surface area contributed by atoms with Crippen LogP contribution in [0.15, 0.2) is 24.3 Å². The quantitative estimate of drug-likeness (QED) is 0.854. The Morgan fingerprint density at radius 3 is 2.52 bits per heavy atom. The fraction of sp³-hybridized carbons (Fsp3) is 0.562. The van der Waals surface area contributed by atoms with Gasteiger partial charge in [-0.15, -0.1) is 0 Å². The van der Waals surface area contributed by atoms with E-state index in [2.05, 4.69) is 4.90 Å². The molecule has 0 spiro atoms. The lowest BCUT2D eigenvalue weighted by Gasteiger charge is -2.29. The summed E-state index contributed by atoms with van der Waals surface area (Å²) in [5.74, 6) is 1.04. The van der Waals surface area contributed by atoms with E-state index in [9.17, 15) is 9.90 Å². The second kappa shape index (κ2) is 6.91. The largest absolute Gasteiger partial charge is 0.497 e. The van der Waals surface area contributed by atoms with Crippen LogP contribution in [0, 0.1) is 5.92 Å². The van der Waals surface area contributed by atoms with Crippen LogP contribution in [-0.4, -0.2) is 61.7 Å². The molecule has 0 bridgehead atoms. The molecule has 1 aliphatic heterocycles. The number of likely N-dealkylation sites (N-methyl/N-ethyl adjacent to an activating group) is 1. The van der Waals surface area contributed by atoms with Crippen LogP contribution in [0.3, 0.4) is 0 Å². The number of aliphatic hydroxyl groups is 1. The first-order valence-electron chi connectivity index (χ1n) is 7.24. The predicted octanol–water partition coefficient (Wildman–Crippen LogP) is 1.14. The lowest BCUT2D eigenvalue weighted by Crippen LogP contribution is -2.36. The Labute approximate surface area is 126 Å². The predicted molar refractivity (Wildman–Crippen MR) is 81.2 cm³/mol. The van der Waals surface area contributed by atoms with E-state index in [0.29, 0.717) is 19.5 Å². The maximum absolute atomic E-state index is 12.0. The number of nitrogens with zero attached hydrogens (tertiary/aromatic N) is 2. The van der Waals surface area contributed by atoms with Crippen molar-refractivity contribution in [1.29, 1.82) is 0 Å². The third kappa shape index (κ3) is 3.74. The standard InChI is InChI=1S/C16H24N2O3/c1-17(2)15(13-4-6-14(21-3)7-5-13)10-18-9-12(11-19)8-16(18)20/h4-7,12,15,19H,8-11H2,1-3H3. The minimum absolute atomic E-state index is 0.0798. The number of benzene rings is 1. The molecule has 1 aliphatic rings. The second-order valence-electron chi connectivity index (χ2n) is 5.80.